The number of carboxylic acids is 1. The first-order valence-electron chi connectivity index (χ1n) is 6.07. The maximum Gasteiger partial charge on any atom is 0.325 e. The third kappa shape index (κ3) is 7.28. The summed E-state index contributed by atoms with van der Waals surface area (Å²) >= 11 is 0. The molecule has 7 nitrogen and oxygen atoms in total. The lowest BCUT2D eigenvalue weighted by Crippen LogP contribution is -2.52. The van der Waals surface area contributed by atoms with Gasteiger partial charge in [-0.05, 0) is 20.3 Å². The van der Waals surface area contributed by atoms with Crippen molar-refractivity contribution < 1.29 is 24.2 Å². The molecule has 0 aromatic rings. The van der Waals surface area contributed by atoms with Gasteiger partial charge in [-0.1, -0.05) is 6.92 Å². The summed E-state index contributed by atoms with van der Waals surface area (Å²) in [4.78, 5) is 35.2. The summed E-state index contributed by atoms with van der Waals surface area (Å²) in [5, 5.41) is 11.3. The number of hydrogen-bond donors (Lipinski definition) is 2. The Morgan fingerprint density at radius 1 is 1.32 bits per heavy atom. The first-order chi connectivity index (χ1) is 8.71. The Hall–Kier alpha value is -1.79. The highest BCUT2D eigenvalue weighted by atomic mass is 16.5. The lowest BCUT2D eigenvalue weighted by Gasteiger charge is -2.29. The van der Waals surface area contributed by atoms with Gasteiger partial charge in [0.15, 0.2) is 0 Å². The highest BCUT2D eigenvalue weighted by molar-refractivity contribution is 5.81. The first-order valence-corrected chi connectivity index (χ1v) is 6.07. The molecule has 0 saturated heterocycles. The minimum atomic E-state index is -1.000. The number of esters is 1. The highest BCUT2D eigenvalue weighted by Gasteiger charge is 2.27. The minimum absolute atomic E-state index is 0.153. The Kier molecular flexibility index (Phi) is 6.89. The molecule has 2 N–H and O–H groups in total. The summed E-state index contributed by atoms with van der Waals surface area (Å²) in [6.07, 6.45) is 0.487. The van der Waals surface area contributed by atoms with Crippen molar-refractivity contribution in [3.05, 3.63) is 0 Å². The molecule has 0 fully saturated rings. The van der Waals surface area contributed by atoms with Crippen LogP contribution in [0, 0.1) is 0 Å². The second kappa shape index (κ2) is 7.60. The van der Waals surface area contributed by atoms with Gasteiger partial charge in [-0.3, -0.25) is 9.59 Å². The molecule has 0 unspecified atom stereocenters. The quantitative estimate of drug-likeness (QED) is 0.670. The number of nitrogens with one attached hydrogen (secondary N) is 1. The van der Waals surface area contributed by atoms with Crippen molar-refractivity contribution in [1.82, 2.24) is 10.2 Å². The molecular weight excluding hydrogens is 252 g/mol. The van der Waals surface area contributed by atoms with Gasteiger partial charge >= 0.3 is 18.0 Å². The monoisotopic (exact) mass is 274 g/mol. The SMILES string of the molecule is CCCN(CC(=O)OC)C(=O)NC(C)(C)CC(=O)O. The number of ether oxygens (including phenoxy) is 1. The van der Waals surface area contributed by atoms with E-state index in [-0.39, 0.29) is 13.0 Å². The summed E-state index contributed by atoms with van der Waals surface area (Å²) < 4.78 is 4.52. The van der Waals surface area contributed by atoms with Crippen molar-refractivity contribution in [3.8, 4) is 0 Å². The van der Waals surface area contributed by atoms with Crippen LogP contribution < -0.4 is 5.32 Å². The van der Waals surface area contributed by atoms with Crippen LogP contribution in [0.3, 0.4) is 0 Å². The third-order valence-electron chi connectivity index (χ3n) is 2.37. The summed E-state index contributed by atoms with van der Waals surface area (Å²) in [6, 6.07) is -0.474. The van der Waals surface area contributed by atoms with Gasteiger partial charge in [0, 0.05) is 12.1 Å². The first kappa shape index (κ1) is 17.2. The Morgan fingerprint density at radius 3 is 2.32 bits per heavy atom. The number of hydrogen-bond acceptors (Lipinski definition) is 4. The van der Waals surface area contributed by atoms with Crippen molar-refractivity contribution in [1.29, 1.82) is 0 Å². The Balaban J connectivity index is 4.63. The number of nitrogens with zero attached hydrogens (tertiary/aromatic N) is 1. The van der Waals surface area contributed by atoms with E-state index in [9.17, 15) is 14.4 Å². The molecule has 110 valence electrons. The van der Waals surface area contributed by atoms with Crippen molar-refractivity contribution in [3.63, 3.8) is 0 Å². The van der Waals surface area contributed by atoms with Crippen LogP contribution in [-0.2, 0) is 14.3 Å². The van der Waals surface area contributed by atoms with E-state index in [2.05, 4.69) is 10.1 Å². The standard InChI is InChI=1S/C12H22N2O5/c1-5-6-14(8-10(17)19-4)11(18)13-12(2,3)7-9(15)16/h5-8H2,1-4H3,(H,13,18)(H,15,16). The number of carbonyl (C=O) groups excluding carboxylic acids is 2. The molecule has 7 heteroatoms. The van der Waals surface area contributed by atoms with E-state index >= 15 is 0 Å². The van der Waals surface area contributed by atoms with Crippen LogP contribution in [0.15, 0.2) is 0 Å². The van der Waals surface area contributed by atoms with Crippen molar-refractivity contribution in [2.24, 2.45) is 0 Å². The predicted octanol–water partition coefficient (Wildman–Crippen LogP) is 0.834. The van der Waals surface area contributed by atoms with Crippen molar-refractivity contribution in [2.45, 2.75) is 39.2 Å². The van der Waals surface area contributed by atoms with E-state index < -0.39 is 23.5 Å². The maximum atomic E-state index is 12.0. The number of amides is 2. The Bertz CT molecular complexity index is 341. The number of carboxylic acid groups (broad SMARTS) is 1. The van der Waals surface area contributed by atoms with E-state index in [0.717, 1.165) is 0 Å². The molecule has 0 aliphatic heterocycles. The second-order valence-electron chi connectivity index (χ2n) is 4.88. The fourth-order valence-electron chi connectivity index (χ4n) is 1.53. The van der Waals surface area contributed by atoms with E-state index in [0.29, 0.717) is 13.0 Å². The summed E-state index contributed by atoms with van der Waals surface area (Å²) in [6.45, 7) is 5.34. The van der Waals surface area contributed by atoms with Gasteiger partial charge in [0.25, 0.3) is 0 Å². The summed E-state index contributed by atoms with van der Waals surface area (Å²) in [7, 11) is 1.25. The fraction of sp³-hybridized carbons (Fsp3) is 0.750. The van der Waals surface area contributed by atoms with Gasteiger partial charge in [0.05, 0.1) is 13.5 Å². The number of rotatable bonds is 7. The highest BCUT2D eigenvalue weighted by Crippen LogP contribution is 2.09. The van der Waals surface area contributed by atoms with Crippen molar-refractivity contribution in [2.75, 3.05) is 20.2 Å². The van der Waals surface area contributed by atoms with E-state index in [4.69, 9.17) is 5.11 Å². The van der Waals surface area contributed by atoms with Gasteiger partial charge in [-0.2, -0.15) is 0 Å². The van der Waals surface area contributed by atoms with Crippen LogP contribution in [0.1, 0.15) is 33.6 Å². The largest absolute Gasteiger partial charge is 0.481 e. The normalized spacial score (nSPS) is 10.7. The molecule has 0 atom stereocenters. The number of aliphatic carboxylic acids is 1. The zero-order valence-corrected chi connectivity index (χ0v) is 11.9. The zero-order valence-electron chi connectivity index (χ0n) is 11.9. The van der Waals surface area contributed by atoms with Gasteiger partial charge in [-0.15, -0.1) is 0 Å². The van der Waals surface area contributed by atoms with E-state index in [1.807, 2.05) is 6.92 Å². The van der Waals surface area contributed by atoms with Crippen LogP contribution in [0.4, 0.5) is 4.79 Å². The minimum Gasteiger partial charge on any atom is -0.481 e. The van der Waals surface area contributed by atoms with Crippen molar-refractivity contribution >= 4 is 18.0 Å². The molecule has 0 saturated carbocycles. The Morgan fingerprint density at radius 2 is 1.89 bits per heavy atom. The van der Waals surface area contributed by atoms with E-state index in [1.165, 1.54) is 12.0 Å². The molecule has 0 aromatic carbocycles. The number of carbonyl (C=O) groups is 3. The third-order valence-corrected chi connectivity index (χ3v) is 2.37. The van der Waals surface area contributed by atoms with Gasteiger partial charge in [0.2, 0.25) is 0 Å². The van der Waals surface area contributed by atoms with Gasteiger partial charge < -0.3 is 20.1 Å². The van der Waals surface area contributed by atoms with Crippen LogP contribution in [0.5, 0.6) is 0 Å². The number of methoxy groups -OCH3 is 1. The molecule has 0 aliphatic carbocycles. The number of urea groups is 1. The predicted molar refractivity (Wildman–Crippen MR) is 68.7 cm³/mol. The molecule has 19 heavy (non-hydrogen) atoms. The molecule has 0 radical (unpaired) electrons. The second-order valence-corrected chi connectivity index (χ2v) is 4.88. The molecular formula is C12H22N2O5. The smallest absolute Gasteiger partial charge is 0.325 e. The van der Waals surface area contributed by atoms with E-state index in [1.54, 1.807) is 13.8 Å². The molecule has 2 amide bonds. The average molecular weight is 274 g/mol. The molecule has 0 aliphatic rings. The van der Waals surface area contributed by atoms with Crippen LogP contribution in [-0.4, -0.2) is 53.7 Å². The molecule has 0 heterocycles. The Labute approximate surface area is 112 Å². The molecule has 0 rings (SSSR count). The fourth-order valence-corrected chi connectivity index (χ4v) is 1.53. The summed E-state index contributed by atoms with van der Waals surface area (Å²) in [5.41, 5.74) is -0.884. The van der Waals surface area contributed by atoms with Gasteiger partial charge in [0.1, 0.15) is 6.54 Å². The lowest BCUT2D eigenvalue weighted by atomic mass is 10.0. The molecule has 0 aromatic heterocycles. The zero-order chi connectivity index (χ0) is 15.1. The lowest BCUT2D eigenvalue weighted by molar-refractivity contribution is -0.141. The average Bonchev–Trinajstić information content (AvgIpc) is 2.25. The van der Waals surface area contributed by atoms with Crippen LogP contribution in [0.25, 0.3) is 0 Å². The molecule has 0 spiro atoms. The molecule has 0 bridgehead atoms. The summed E-state index contributed by atoms with van der Waals surface area (Å²) in [5.74, 6) is -1.51. The van der Waals surface area contributed by atoms with Gasteiger partial charge in [-0.25, -0.2) is 4.79 Å². The van der Waals surface area contributed by atoms with Crippen LogP contribution >= 0.6 is 0 Å². The van der Waals surface area contributed by atoms with Crippen LogP contribution in [0.2, 0.25) is 0 Å². The maximum absolute atomic E-state index is 12.0. The topological polar surface area (TPSA) is 95.9 Å².